The molecule has 1 aliphatic heterocycles. The Kier molecular flexibility index (Phi) is 7.76. The number of nitrogens with zero attached hydrogens (tertiary/aromatic N) is 9. The molecule has 1 unspecified atom stereocenters. The second-order valence-electron chi connectivity index (χ2n) is 9.63. The van der Waals surface area contributed by atoms with Crippen LogP contribution in [0, 0.1) is 11.6 Å². The normalized spacial score (nSPS) is 16.3. The van der Waals surface area contributed by atoms with E-state index in [0.29, 0.717) is 56.7 Å². The van der Waals surface area contributed by atoms with Crippen molar-refractivity contribution in [3.05, 3.63) is 83.7 Å². The molecule has 0 saturated carbocycles. The van der Waals surface area contributed by atoms with Crippen molar-refractivity contribution in [2.24, 2.45) is 0 Å². The number of rotatable bonds is 9. The fraction of sp³-hybridized carbons (Fsp3) is 0.400. The molecule has 0 bridgehead atoms. The van der Waals surface area contributed by atoms with Crippen molar-refractivity contribution in [2.45, 2.75) is 31.3 Å². The summed E-state index contributed by atoms with van der Waals surface area (Å²) in [6, 6.07) is 8.23. The Hall–Kier alpha value is -3.98. The first-order chi connectivity index (χ1) is 19.1. The highest BCUT2D eigenvalue weighted by Gasteiger charge is 2.36. The summed E-state index contributed by atoms with van der Waals surface area (Å²) in [5, 5.41) is 27.4. The molecule has 0 amide bonds. The van der Waals surface area contributed by atoms with Crippen LogP contribution in [0.25, 0.3) is 0 Å². The number of halogens is 5. The number of alkyl halides is 3. The lowest BCUT2D eigenvalue weighted by molar-refractivity contribution is -0.137. The van der Waals surface area contributed by atoms with Crippen LogP contribution in [0.1, 0.15) is 17.0 Å². The quantitative estimate of drug-likeness (QED) is 0.310. The summed E-state index contributed by atoms with van der Waals surface area (Å²) in [6.45, 7) is 2.47. The maximum Gasteiger partial charge on any atom is 0.416 e. The molecule has 1 atom stereocenters. The molecule has 5 rings (SSSR count). The zero-order valence-corrected chi connectivity index (χ0v) is 21.2. The molecule has 0 radical (unpaired) electrons. The van der Waals surface area contributed by atoms with E-state index in [-0.39, 0.29) is 18.7 Å². The van der Waals surface area contributed by atoms with E-state index in [1.54, 1.807) is 6.07 Å². The first kappa shape index (κ1) is 27.6. The van der Waals surface area contributed by atoms with Crippen LogP contribution in [0.5, 0.6) is 0 Å². The number of anilines is 1. The molecule has 0 aliphatic carbocycles. The van der Waals surface area contributed by atoms with Crippen molar-refractivity contribution >= 4 is 5.69 Å². The van der Waals surface area contributed by atoms with Crippen molar-refractivity contribution in [2.75, 3.05) is 37.6 Å². The van der Waals surface area contributed by atoms with Gasteiger partial charge in [0.05, 0.1) is 18.7 Å². The summed E-state index contributed by atoms with van der Waals surface area (Å²) in [6.07, 6.45) is -1.35. The largest absolute Gasteiger partial charge is 0.416 e. The summed E-state index contributed by atoms with van der Waals surface area (Å²) in [5.74, 6) is -1.25. The Bertz CT molecular complexity index is 1420. The predicted molar refractivity (Wildman–Crippen MR) is 132 cm³/mol. The molecule has 4 aromatic rings. The average Bonchev–Trinajstić information content (AvgIpc) is 3.59. The van der Waals surface area contributed by atoms with Crippen LogP contribution in [-0.4, -0.2) is 77.7 Å². The van der Waals surface area contributed by atoms with Crippen molar-refractivity contribution in [1.82, 2.24) is 39.9 Å². The van der Waals surface area contributed by atoms with Crippen LogP contribution in [-0.2, 0) is 31.3 Å². The minimum atomic E-state index is -4.40. The third kappa shape index (κ3) is 6.25. The van der Waals surface area contributed by atoms with Crippen LogP contribution in [0.15, 0.2) is 55.1 Å². The zero-order valence-electron chi connectivity index (χ0n) is 21.2. The third-order valence-electron chi connectivity index (χ3n) is 6.90. The number of aliphatic hydroxyl groups is 1. The summed E-state index contributed by atoms with van der Waals surface area (Å²) in [7, 11) is 0. The molecular weight excluding hydrogens is 537 g/mol. The molecule has 212 valence electrons. The Morgan fingerprint density at radius 1 is 0.950 bits per heavy atom. The highest BCUT2D eigenvalue weighted by atomic mass is 19.4. The van der Waals surface area contributed by atoms with Gasteiger partial charge in [-0.3, -0.25) is 4.90 Å². The van der Waals surface area contributed by atoms with E-state index >= 15 is 0 Å². The van der Waals surface area contributed by atoms with E-state index in [2.05, 4.69) is 30.5 Å². The molecule has 0 spiro atoms. The fourth-order valence-electron chi connectivity index (χ4n) is 4.81. The standard InChI is InChI=1S/C25H26F5N9O/c26-19-4-5-21(22(27)13-19)24(40,14-38-17-31-16-32-38)15-39-23(33-34-35-39)6-7-36-8-10-37(11-9-36)20-3-1-2-18(12-20)25(28,29)30/h1-5,12-13,16-17,40H,6-11,14-15H2. The summed E-state index contributed by atoms with van der Waals surface area (Å²) in [5.41, 5.74) is -2.18. The minimum absolute atomic E-state index is 0.142. The maximum absolute atomic E-state index is 14.8. The topological polar surface area (TPSA) is 101 Å². The fourth-order valence-corrected chi connectivity index (χ4v) is 4.81. The zero-order chi connectivity index (χ0) is 28.3. The molecular formula is C25H26F5N9O. The van der Waals surface area contributed by atoms with Gasteiger partial charge < -0.3 is 10.0 Å². The number of aromatic nitrogens is 7. The third-order valence-corrected chi connectivity index (χ3v) is 6.90. The van der Waals surface area contributed by atoms with Gasteiger partial charge >= 0.3 is 6.18 Å². The number of hydrogen-bond donors (Lipinski definition) is 1. The molecule has 15 heteroatoms. The van der Waals surface area contributed by atoms with Gasteiger partial charge in [0.15, 0.2) is 5.82 Å². The second-order valence-corrected chi connectivity index (χ2v) is 9.63. The number of benzene rings is 2. The van der Waals surface area contributed by atoms with E-state index in [1.165, 1.54) is 34.2 Å². The molecule has 3 heterocycles. The van der Waals surface area contributed by atoms with Crippen molar-refractivity contribution in [3.8, 4) is 0 Å². The van der Waals surface area contributed by atoms with E-state index in [4.69, 9.17) is 0 Å². The number of piperazine rings is 1. The van der Waals surface area contributed by atoms with Crippen LogP contribution in [0.3, 0.4) is 0 Å². The van der Waals surface area contributed by atoms with Gasteiger partial charge in [-0.05, 0) is 34.7 Å². The molecule has 1 fully saturated rings. The van der Waals surface area contributed by atoms with Gasteiger partial charge in [-0.25, -0.2) is 23.1 Å². The van der Waals surface area contributed by atoms with Gasteiger partial charge in [0, 0.05) is 56.5 Å². The molecule has 1 saturated heterocycles. The number of hydrogen-bond acceptors (Lipinski definition) is 8. The molecule has 40 heavy (non-hydrogen) atoms. The Morgan fingerprint density at radius 3 is 2.45 bits per heavy atom. The van der Waals surface area contributed by atoms with E-state index in [9.17, 15) is 27.1 Å². The van der Waals surface area contributed by atoms with Gasteiger partial charge in [0.1, 0.15) is 29.9 Å². The SMILES string of the molecule is OC(Cn1cncn1)(Cn1nnnc1CCN1CCN(c2cccc(C(F)(F)F)c2)CC1)c1ccc(F)cc1F. The predicted octanol–water partition coefficient (Wildman–Crippen LogP) is 2.51. The lowest BCUT2D eigenvalue weighted by Crippen LogP contribution is -2.47. The summed E-state index contributed by atoms with van der Waals surface area (Å²) >= 11 is 0. The van der Waals surface area contributed by atoms with Crippen molar-refractivity contribution in [3.63, 3.8) is 0 Å². The van der Waals surface area contributed by atoms with E-state index in [0.717, 1.165) is 18.2 Å². The lowest BCUT2D eigenvalue weighted by Gasteiger charge is -2.36. The second kappa shape index (κ2) is 11.3. The maximum atomic E-state index is 14.8. The van der Waals surface area contributed by atoms with Crippen LogP contribution < -0.4 is 4.90 Å². The van der Waals surface area contributed by atoms with Crippen molar-refractivity contribution < 1.29 is 27.1 Å². The van der Waals surface area contributed by atoms with E-state index < -0.39 is 29.0 Å². The highest BCUT2D eigenvalue weighted by molar-refractivity contribution is 5.49. The molecule has 2 aromatic carbocycles. The van der Waals surface area contributed by atoms with Gasteiger partial charge in [-0.1, -0.05) is 12.1 Å². The molecule has 1 aliphatic rings. The Labute approximate surface area is 225 Å². The average molecular weight is 564 g/mol. The van der Waals surface area contributed by atoms with E-state index in [1.807, 2.05) is 4.90 Å². The monoisotopic (exact) mass is 563 g/mol. The highest BCUT2D eigenvalue weighted by Crippen LogP contribution is 2.32. The van der Waals surface area contributed by atoms with Gasteiger partial charge in [0.25, 0.3) is 0 Å². The van der Waals surface area contributed by atoms with Gasteiger partial charge in [0.2, 0.25) is 0 Å². The molecule has 2 aromatic heterocycles. The smallest absolute Gasteiger partial charge is 0.381 e. The van der Waals surface area contributed by atoms with Gasteiger partial charge in [-0.15, -0.1) is 5.10 Å². The summed E-state index contributed by atoms with van der Waals surface area (Å²) < 4.78 is 70.3. The van der Waals surface area contributed by atoms with Crippen molar-refractivity contribution in [1.29, 1.82) is 0 Å². The first-order valence-electron chi connectivity index (χ1n) is 12.5. The first-order valence-corrected chi connectivity index (χ1v) is 12.5. The van der Waals surface area contributed by atoms with Crippen LogP contribution in [0.4, 0.5) is 27.6 Å². The molecule has 10 nitrogen and oxygen atoms in total. The van der Waals surface area contributed by atoms with Crippen LogP contribution >= 0.6 is 0 Å². The minimum Gasteiger partial charge on any atom is -0.381 e. The summed E-state index contributed by atoms with van der Waals surface area (Å²) in [4.78, 5) is 7.91. The van der Waals surface area contributed by atoms with Gasteiger partial charge in [-0.2, -0.15) is 18.3 Å². The Morgan fingerprint density at radius 2 is 1.75 bits per heavy atom. The molecule has 1 N–H and O–H groups in total. The lowest BCUT2D eigenvalue weighted by atomic mass is 9.92. The Balaban J connectivity index is 1.24. The van der Waals surface area contributed by atoms with Crippen LogP contribution in [0.2, 0.25) is 0 Å². The number of tetrazole rings is 1.